The van der Waals surface area contributed by atoms with E-state index < -0.39 is 23.5 Å². The maximum Gasteiger partial charge on any atom is 0.337 e. The number of amides is 1. The number of aromatic carboxylic acids is 1. The fourth-order valence-electron chi connectivity index (χ4n) is 1.75. The van der Waals surface area contributed by atoms with Crippen LogP contribution in [0.2, 0.25) is 0 Å². The van der Waals surface area contributed by atoms with Crippen LogP contribution in [0.25, 0.3) is 0 Å². The topological polar surface area (TPSA) is 78.4 Å². The van der Waals surface area contributed by atoms with Crippen LogP contribution < -0.4 is 10.6 Å². The van der Waals surface area contributed by atoms with Gasteiger partial charge in [0, 0.05) is 5.69 Å². The van der Waals surface area contributed by atoms with Gasteiger partial charge in [0.05, 0.1) is 17.8 Å². The molecule has 0 fully saturated rings. The zero-order valence-corrected chi connectivity index (χ0v) is 11.3. The zero-order chi connectivity index (χ0) is 16.1. The van der Waals surface area contributed by atoms with Crippen molar-refractivity contribution in [3.63, 3.8) is 0 Å². The van der Waals surface area contributed by atoms with E-state index in [9.17, 15) is 18.4 Å². The van der Waals surface area contributed by atoms with Crippen molar-refractivity contribution in [2.45, 2.75) is 0 Å². The molecule has 0 atom stereocenters. The van der Waals surface area contributed by atoms with Gasteiger partial charge in [-0.25, -0.2) is 13.6 Å². The SMILES string of the molecule is O=C(CNc1ccc(F)cc1)Nc1ccc(F)cc1C(=O)O. The van der Waals surface area contributed by atoms with Gasteiger partial charge < -0.3 is 15.7 Å². The summed E-state index contributed by atoms with van der Waals surface area (Å²) in [5.41, 5.74) is 0.198. The molecule has 22 heavy (non-hydrogen) atoms. The summed E-state index contributed by atoms with van der Waals surface area (Å²) in [6, 6.07) is 8.45. The van der Waals surface area contributed by atoms with Crippen LogP contribution in [0.5, 0.6) is 0 Å². The highest BCUT2D eigenvalue weighted by Gasteiger charge is 2.13. The number of nitrogens with one attached hydrogen (secondary N) is 2. The van der Waals surface area contributed by atoms with Crippen molar-refractivity contribution in [3.8, 4) is 0 Å². The Kier molecular flexibility index (Phi) is 4.67. The first-order valence-corrected chi connectivity index (χ1v) is 6.28. The van der Waals surface area contributed by atoms with Crippen LogP contribution in [0.15, 0.2) is 42.5 Å². The summed E-state index contributed by atoms with van der Waals surface area (Å²) in [6.45, 7) is -0.151. The van der Waals surface area contributed by atoms with Crippen LogP contribution in [0.1, 0.15) is 10.4 Å². The second-order valence-corrected chi connectivity index (χ2v) is 4.40. The third kappa shape index (κ3) is 4.02. The molecule has 0 spiro atoms. The van der Waals surface area contributed by atoms with Gasteiger partial charge in [0.15, 0.2) is 0 Å². The van der Waals surface area contributed by atoms with Gasteiger partial charge in [-0.2, -0.15) is 0 Å². The van der Waals surface area contributed by atoms with E-state index >= 15 is 0 Å². The van der Waals surface area contributed by atoms with Crippen LogP contribution in [-0.4, -0.2) is 23.5 Å². The molecule has 0 aliphatic rings. The van der Waals surface area contributed by atoms with E-state index in [-0.39, 0.29) is 17.8 Å². The first-order valence-electron chi connectivity index (χ1n) is 6.28. The lowest BCUT2D eigenvalue weighted by molar-refractivity contribution is -0.114. The minimum absolute atomic E-state index is 0.000180. The molecule has 0 aliphatic heterocycles. The zero-order valence-electron chi connectivity index (χ0n) is 11.3. The largest absolute Gasteiger partial charge is 0.478 e. The number of halogens is 2. The average molecular weight is 306 g/mol. The first-order chi connectivity index (χ1) is 10.5. The molecule has 0 saturated carbocycles. The van der Waals surface area contributed by atoms with E-state index in [0.29, 0.717) is 5.69 Å². The Morgan fingerprint density at radius 1 is 1.00 bits per heavy atom. The number of hydrogen-bond acceptors (Lipinski definition) is 3. The monoisotopic (exact) mass is 306 g/mol. The summed E-state index contributed by atoms with van der Waals surface area (Å²) in [6.07, 6.45) is 0. The fraction of sp³-hybridized carbons (Fsp3) is 0.0667. The molecule has 0 unspecified atom stereocenters. The highest BCUT2D eigenvalue weighted by atomic mass is 19.1. The number of carboxylic acids is 1. The van der Waals surface area contributed by atoms with Gasteiger partial charge in [0.25, 0.3) is 0 Å². The smallest absolute Gasteiger partial charge is 0.337 e. The molecule has 0 saturated heterocycles. The summed E-state index contributed by atoms with van der Waals surface area (Å²) in [5.74, 6) is -2.97. The molecule has 3 N–H and O–H groups in total. The molecule has 0 aromatic heterocycles. The molecule has 0 heterocycles. The summed E-state index contributed by atoms with van der Waals surface area (Å²) in [5, 5.41) is 14.1. The molecule has 7 heteroatoms. The van der Waals surface area contributed by atoms with E-state index in [1.165, 1.54) is 30.3 Å². The Hall–Kier alpha value is -2.96. The van der Waals surface area contributed by atoms with E-state index in [4.69, 9.17) is 5.11 Å². The Balaban J connectivity index is 2.00. The molecule has 0 radical (unpaired) electrons. The van der Waals surface area contributed by atoms with Crippen molar-refractivity contribution in [1.29, 1.82) is 0 Å². The van der Waals surface area contributed by atoms with Crippen molar-refractivity contribution in [3.05, 3.63) is 59.7 Å². The number of carbonyl (C=O) groups is 2. The van der Waals surface area contributed by atoms with Crippen LogP contribution in [-0.2, 0) is 4.79 Å². The maximum atomic E-state index is 13.0. The Bertz CT molecular complexity index is 702. The lowest BCUT2D eigenvalue weighted by atomic mass is 10.1. The van der Waals surface area contributed by atoms with E-state index in [2.05, 4.69) is 10.6 Å². The second-order valence-electron chi connectivity index (χ2n) is 4.40. The van der Waals surface area contributed by atoms with Crippen LogP contribution in [0.3, 0.4) is 0 Å². The fourth-order valence-corrected chi connectivity index (χ4v) is 1.75. The molecular weight excluding hydrogens is 294 g/mol. The first kappa shape index (κ1) is 15.4. The van der Waals surface area contributed by atoms with Crippen molar-refractivity contribution >= 4 is 23.3 Å². The highest BCUT2D eigenvalue weighted by Crippen LogP contribution is 2.17. The normalized spacial score (nSPS) is 10.1. The summed E-state index contributed by atoms with van der Waals surface area (Å²) in [4.78, 5) is 22.8. The number of hydrogen-bond donors (Lipinski definition) is 3. The minimum Gasteiger partial charge on any atom is -0.478 e. The number of rotatable bonds is 5. The maximum absolute atomic E-state index is 13.0. The summed E-state index contributed by atoms with van der Waals surface area (Å²) >= 11 is 0. The van der Waals surface area contributed by atoms with Gasteiger partial charge in [-0.1, -0.05) is 0 Å². The van der Waals surface area contributed by atoms with Crippen molar-refractivity contribution < 1.29 is 23.5 Å². The van der Waals surface area contributed by atoms with Crippen LogP contribution in [0.4, 0.5) is 20.2 Å². The van der Waals surface area contributed by atoms with E-state index in [1.54, 1.807) is 0 Å². The van der Waals surface area contributed by atoms with Crippen molar-refractivity contribution in [2.75, 3.05) is 17.2 Å². The molecule has 1 amide bonds. The van der Waals surface area contributed by atoms with Crippen LogP contribution in [0, 0.1) is 11.6 Å². The second kappa shape index (κ2) is 6.66. The number of carbonyl (C=O) groups excluding carboxylic acids is 1. The molecule has 2 aromatic rings. The standard InChI is InChI=1S/C15H12F2N2O3/c16-9-1-4-11(5-2-9)18-8-14(20)19-13-6-3-10(17)7-12(13)15(21)22/h1-7,18H,8H2,(H,19,20)(H,21,22). The molecule has 0 aliphatic carbocycles. The molecule has 2 aromatic carbocycles. The molecule has 114 valence electrons. The Morgan fingerprint density at radius 2 is 1.64 bits per heavy atom. The van der Waals surface area contributed by atoms with Gasteiger partial charge in [-0.05, 0) is 42.5 Å². The van der Waals surface area contributed by atoms with Gasteiger partial charge >= 0.3 is 5.97 Å². The van der Waals surface area contributed by atoms with Gasteiger partial charge in [-0.15, -0.1) is 0 Å². The molecule has 0 bridgehead atoms. The quantitative estimate of drug-likeness (QED) is 0.793. The van der Waals surface area contributed by atoms with Crippen molar-refractivity contribution in [2.24, 2.45) is 0 Å². The van der Waals surface area contributed by atoms with Gasteiger partial charge in [-0.3, -0.25) is 4.79 Å². The highest BCUT2D eigenvalue weighted by molar-refractivity contribution is 6.01. The molecular formula is C15H12F2N2O3. The number of benzene rings is 2. The number of anilines is 2. The van der Waals surface area contributed by atoms with Crippen molar-refractivity contribution in [1.82, 2.24) is 0 Å². The average Bonchev–Trinajstić information content (AvgIpc) is 2.48. The summed E-state index contributed by atoms with van der Waals surface area (Å²) in [7, 11) is 0. The lowest BCUT2D eigenvalue weighted by Crippen LogP contribution is -2.23. The minimum atomic E-state index is -1.35. The van der Waals surface area contributed by atoms with Gasteiger partial charge in [0.1, 0.15) is 11.6 Å². The Labute approximate surface area is 124 Å². The molecule has 5 nitrogen and oxygen atoms in total. The third-order valence-corrected chi connectivity index (χ3v) is 2.78. The number of carboxylic acid groups (broad SMARTS) is 1. The third-order valence-electron chi connectivity index (χ3n) is 2.78. The van der Waals surface area contributed by atoms with Crippen LogP contribution >= 0.6 is 0 Å². The lowest BCUT2D eigenvalue weighted by Gasteiger charge is -2.10. The Morgan fingerprint density at radius 3 is 2.27 bits per heavy atom. The molecule has 2 rings (SSSR count). The summed E-state index contributed by atoms with van der Waals surface area (Å²) < 4.78 is 25.8. The predicted octanol–water partition coefficient (Wildman–Crippen LogP) is 2.71. The predicted molar refractivity (Wildman–Crippen MR) is 76.9 cm³/mol. The van der Waals surface area contributed by atoms with E-state index in [0.717, 1.165) is 12.1 Å². The van der Waals surface area contributed by atoms with E-state index in [1.807, 2.05) is 0 Å². The van der Waals surface area contributed by atoms with Gasteiger partial charge in [0.2, 0.25) is 5.91 Å².